The van der Waals surface area contributed by atoms with E-state index in [0.29, 0.717) is 17.0 Å². The van der Waals surface area contributed by atoms with E-state index in [1.807, 2.05) is 110 Å². The monoisotopic (exact) mass is 559 g/mol. The van der Waals surface area contributed by atoms with Crippen LogP contribution >= 0.6 is 0 Å². The predicted octanol–water partition coefficient (Wildman–Crippen LogP) is 9.30. The normalized spacial score (nSPS) is 15.8. The zero-order chi connectivity index (χ0) is 29.1. The number of ether oxygens (including phenoxy) is 1. The molecule has 0 amide bonds. The van der Waals surface area contributed by atoms with Crippen LogP contribution in [0, 0.1) is 6.92 Å². The molecule has 1 unspecified atom stereocenters. The fraction of sp³-hybridized carbons (Fsp3) is 0.0769. The Balaban J connectivity index is 1.29. The van der Waals surface area contributed by atoms with Crippen molar-refractivity contribution < 1.29 is 14.9 Å². The van der Waals surface area contributed by atoms with Crippen LogP contribution in [0.3, 0.4) is 0 Å². The van der Waals surface area contributed by atoms with Gasteiger partial charge in [-0.3, -0.25) is 0 Å². The van der Waals surface area contributed by atoms with Crippen molar-refractivity contribution in [3.63, 3.8) is 0 Å². The van der Waals surface area contributed by atoms with Crippen molar-refractivity contribution in [2.75, 3.05) is 0 Å². The zero-order valence-electron chi connectivity index (χ0n) is 23.6. The first-order valence-corrected chi connectivity index (χ1v) is 14.5. The largest absolute Gasteiger partial charge is 0.505 e. The van der Waals surface area contributed by atoms with Crippen molar-refractivity contribution >= 4 is 21.8 Å². The van der Waals surface area contributed by atoms with Crippen molar-refractivity contribution in [3.8, 4) is 39.4 Å². The Hall–Kier alpha value is -5.32. The van der Waals surface area contributed by atoms with Crippen LogP contribution in [0.15, 0.2) is 133 Å². The van der Waals surface area contributed by atoms with Crippen LogP contribution in [0.25, 0.3) is 49.7 Å². The molecule has 0 radical (unpaired) electrons. The third-order valence-electron chi connectivity index (χ3n) is 8.61. The SMILES string of the molecule is Cc1cc(-c2ccccc2OC2c3ccccc3-c3ccccc3[C@H]2O)c(O)c(-n2c3ccccc3c3ccccc32)c1. The van der Waals surface area contributed by atoms with E-state index in [4.69, 9.17) is 4.74 Å². The molecule has 1 aliphatic rings. The van der Waals surface area contributed by atoms with Gasteiger partial charge < -0.3 is 19.5 Å². The number of aliphatic hydroxyl groups is 1. The summed E-state index contributed by atoms with van der Waals surface area (Å²) in [7, 11) is 0. The van der Waals surface area contributed by atoms with Crippen LogP contribution in [-0.4, -0.2) is 14.8 Å². The molecule has 0 saturated heterocycles. The number of aliphatic hydroxyl groups excluding tert-OH is 1. The van der Waals surface area contributed by atoms with Crippen LogP contribution in [0.4, 0.5) is 0 Å². The number of aromatic hydroxyl groups is 1. The topological polar surface area (TPSA) is 54.6 Å². The molecule has 1 aliphatic carbocycles. The zero-order valence-corrected chi connectivity index (χ0v) is 23.6. The number of nitrogens with zero attached hydrogens (tertiary/aromatic N) is 1. The lowest BCUT2D eigenvalue weighted by Crippen LogP contribution is -2.22. The van der Waals surface area contributed by atoms with E-state index in [2.05, 4.69) is 34.9 Å². The molecule has 0 bridgehead atoms. The molecule has 8 rings (SSSR count). The van der Waals surface area contributed by atoms with Gasteiger partial charge in [-0.05, 0) is 59.5 Å². The van der Waals surface area contributed by atoms with E-state index >= 15 is 0 Å². The molecule has 208 valence electrons. The van der Waals surface area contributed by atoms with Gasteiger partial charge in [-0.15, -0.1) is 0 Å². The van der Waals surface area contributed by atoms with Crippen molar-refractivity contribution in [3.05, 3.63) is 150 Å². The number of phenols is 1. The molecular formula is C39H29NO3. The maximum Gasteiger partial charge on any atom is 0.154 e. The fourth-order valence-electron chi connectivity index (χ4n) is 6.70. The van der Waals surface area contributed by atoms with Crippen molar-refractivity contribution in [2.45, 2.75) is 19.1 Å². The first kappa shape index (κ1) is 25.4. The Bertz CT molecular complexity index is 2120. The van der Waals surface area contributed by atoms with Crippen LogP contribution in [0.1, 0.15) is 28.9 Å². The minimum Gasteiger partial charge on any atom is -0.505 e. The lowest BCUT2D eigenvalue weighted by molar-refractivity contribution is 0.0332. The molecule has 2 N–H and O–H groups in total. The highest BCUT2D eigenvalue weighted by molar-refractivity contribution is 6.09. The van der Waals surface area contributed by atoms with Crippen LogP contribution in [-0.2, 0) is 0 Å². The summed E-state index contributed by atoms with van der Waals surface area (Å²) in [6.45, 7) is 2.04. The molecule has 0 saturated carbocycles. The van der Waals surface area contributed by atoms with E-state index in [1.54, 1.807) is 0 Å². The van der Waals surface area contributed by atoms with Gasteiger partial charge in [0.15, 0.2) is 6.10 Å². The van der Waals surface area contributed by atoms with Gasteiger partial charge in [0.1, 0.15) is 17.6 Å². The Kier molecular flexibility index (Phi) is 5.85. The van der Waals surface area contributed by atoms with Gasteiger partial charge in [-0.25, -0.2) is 0 Å². The van der Waals surface area contributed by atoms with Crippen molar-refractivity contribution in [1.82, 2.24) is 4.57 Å². The summed E-state index contributed by atoms with van der Waals surface area (Å²) in [5.41, 5.74) is 9.06. The molecule has 4 nitrogen and oxygen atoms in total. The second-order valence-electron chi connectivity index (χ2n) is 11.2. The molecule has 43 heavy (non-hydrogen) atoms. The summed E-state index contributed by atoms with van der Waals surface area (Å²) in [5.74, 6) is 0.762. The Labute approximate surface area is 249 Å². The Morgan fingerprint density at radius 1 is 0.581 bits per heavy atom. The Morgan fingerprint density at radius 3 is 1.81 bits per heavy atom. The highest BCUT2D eigenvalue weighted by Crippen LogP contribution is 2.49. The minimum absolute atomic E-state index is 0.170. The molecule has 7 aromatic rings. The average molecular weight is 560 g/mol. The van der Waals surface area contributed by atoms with Crippen LogP contribution < -0.4 is 4.74 Å². The van der Waals surface area contributed by atoms with Gasteiger partial charge in [0.05, 0.1) is 16.7 Å². The third-order valence-corrected chi connectivity index (χ3v) is 8.61. The second-order valence-corrected chi connectivity index (χ2v) is 11.2. The fourth-order valence-corrected chi connectivity index (χ4v) is 6.70. The third kappa shape index (κ3) is 3.95. The van der Waals surface area contributed by atoms with Crippen molar-refractivity contribution in [2.24, 2.45) is 0 Å². The van der Waals surface area contributed by atoms with Crippen LogP contribution in [0.5, 0.6) is 11.5 Å². The van der Waals surface area contributed by atoms with E-state index in [-0.39, 0.29) is 5.75 Å². The molecule has 6 aromatic carbocycles. The van der Waals surface area contributed by atoms with Gasteiger partial charge in [-0.1, -0.05) is 103 Å². The standard InChI is InChI=1S/C39H29NO3/c1-24-22-32(37(41)35(23-24)40-33-19-9-6-14-27(33)28-15-7-10-20-34(28)40)29-16-8-11-21-36(29)43-39-31-18-5-3-13-26(31)25-12-2-4-17-30(25)38(39)42/h2-23,38-39,41-42H,1H3/t38-,39?/m1/s1. The number of phenolic OH excluding ortho intramolecular Hbond substituents is 1. The highest BCUT2D eigenvalue weighted by Gasteiger charge is 2.34. The van der Waals surface area contributed by atoms with Crippen molar-refractivity contribution in [1.29, 1.82) is 0 Å². The van der Waals surface area contributed by atoms with Gasteiger partial charge >= 0.3 is 0 Å². The number of benzene rings is 6. The first-order chi connectivity index (χ1) is 21.1. The number of fused-ring (bicyclic) bond motifs is 6. The molecular weight excluding hydrogens is 530 g/mol. The maximum atomic E-state index is 12.0. The smallest absolute Gasteiger partial charge is 0.154 e. The number of hydrogen-bond acceptors (Lipinski definition) is 3. The summed E-state index contributed by atoms with van der Waals surface area (Å²) in [4.78, 5) is 0. The molecule has 0 aliphatic heterocycles. The van der Waals surface area contributed by atoms with Gasteiger partial charge in [0.2, 0.25) is 0 Å². The first-order valence-electron chi connectivity index (χ1n) is 14.5. The number of para-hydroxylation sites is 3. The number of rotatable bonds is 4. The quantitative estimate of drug-likeness (QED) is 0.226. The summed E-state index contributed by atoms with van der Waals surface area (Å²) in [6.07, 6.45) is -1.46. The predicted molar refractivity (Wildman–Crippen MR) is 173 cm³/mol. The molecule has 2 atom stereocenters. The highest BCUT2D eigenvalue weighted by atomic mass is 16.5. The molecule has 1 aromatic heterocycles. The second kappa shape index (κ2) is 9.90. The van der Waals surface area contributed by atoms with E-state index in [9.17, 15) is 10.2 Å². The maximum absolute atomic E-state index is 12.0. The number of aryl methyl sites for hydroxylation is 1. The number of hydrogen-bond donors (Lipinski definition) is 2. The molecule has 1 heterocycles. The van der Waals surface area contributed by atoms with Gasteiger partial charge in [-0.2, -0.15) is 0 Å². The average Bonchev–Trinajstić information content (AvgIpc) is 3.38. The summed E-state index contributed by atoms with van der Waals surface area (Å²) in [6, 6.07) is 44.4. The Morgan fingerprint density at radius 2 is 1.12 bits per heavy atom. The molecule has 0 fully saturated rings. The van der Waals surface area contributed by atoms with Gasteiger partial charge in [0, 0.05) is 27.5 Å². The lowest BCUT2D eigenvalue weighted by atomic mass is 9.82. The van der Waals surface area contributed by atoms with E-state index in [0.717, 1.165) is 55.2 Å². The summed E-state index contributed by atoms with van der Waals surface area (Å²) in [5, 5.41) is 25.9. The molecule has 4 heteroatoms. The van der Waals surface area contributed by atoms with Crippen LogP contribution in [0.2, 0.25) is 0 Å². The lowest BCUT2D eigenvalue weighted by Gasteiger charge is -2.33. The van der Waals surface area contributed by atoms with E-state index < -0.39 is 12.2 Å². The minimum atomic E-state index is -0.849. The summed E-state index contributed by atoms with van der Waals surface area (Å²) < 4.78 is 8.87. The molecule has 0 spiro atoms. The summed E-state index contributed by atoms with van der Waals surface area (Å²) >= 11 is 0. The van der Waals surface area contributed by atoms with Gasteiger partial charge in [0.25, 0.3) is 0 Å². The number of aromatic nitrogens is 1. The van der Waals surface area contributed by atoms with E-state index in [1.165, 1.54) is 0 Å².